The minimum atomic E-state index is -0.434. The highest BCUT2D eigenvalue weighted by Crippen LogP contribution is 2.26. The Morgan fingerprint density at radius 1 is 1.04 bits per heavy atom. The van der Waals surface area contributed by atoms with Crippen molar-refractivity contribution in [3.63, 3.8) is 0 Å². The molecule has 0 amide bonds. The largest absolute Gasteiger partial charge is 0.460 e. The molecule has 0 aliphatic rings. The fourth-order valence-electron chi connectivity index (χ4n) is 2.11. The molecule has 6 heteroatoms. The van der Waals surface area contributed by atoms with E-state index in [1.54, 1.807) is 24.5 Å². The molecular formula is C17H15Cl2FN2O. The van der Waals surface area contributed by atoms with Gasteiger partial charge in [0, 0.05) is 24.5 Å². The Morgan fingerprint density at radius 3 is 2.57 bits per heavy atom. The van der Waals surface area contributed by atoms with E-state index in [2.05, 4.69) is 10.3 Å². The van der Waals surface area contributed by atoms with Crippen LogP contribution in [-0.2, 0) is 13.1 Å². The molecule has 23 heavy (non-hydrogen) atoms. The summed E-state index contributed by atoms with van der Waals surface area (Å²) in [6.07, 6.45) is 3.53. The van der Waals surface area contributed by atoms with Gasteiger partial charge in [-0.1, -0.05) is 11.6 Å². The predicted octanol–water partition coefficient (Wildman–Crippen LogP) is 4.85. The molecule has 120 valence electrons. The van der Waals surface area contributed by atoms with E-state index < -0.39 is 5.82 Å². The van der Waals surface area contributed by atoms with Crippen molar-refractivity contribution in [2.45, 2.75) is 13.1 Å². The molecule has 1 N–H and O–H groups in total. The molecule has 0 aliphatic carbocycles. The first-order valence-corrected chi connectivity index (χ1v) is 7.24. The number of rotatable bonds is 5. The first-order chi connectivity index (χ1) is 10.7. The number of nitrogens with zero attached hydrogens (tertiary/aromatic N) is 1. The molecule has 3 nitrogen and oxygen atoms in total. The second-order valence-electron chi connectivity index (χ2n) is 4.85. The van der Waals surface area contributed by atoms with Crippen molar-refractivity contribution in [1.82, 2.24) is 10.3 Å². The second kappa shape index (κ2) is 8.11. The van der Waals surface area contributed by atoms with E-state index in [9.17, 15) is 4.39 Å². The molecule has 0 spiro atoms. The lowest BCUT2D eigenvalue weighted by atomic mass is 10.2. The van der Waals surface area contributed by atoms with Gasteiger partial charge in [-0.15, -0.1) is 12.4 Å². The molecule has 1 aromatic carbocycles. The van der Waals surface area contributed by atoms with Crippen LogP contribution in [0, 0.1) is 5.82 Å². The molecule has 0 aliphatic heterocycles. The van der Waals surface area contributed by atoms with E-state index in [-0.39, 0.29) is 17.4 Å². The summed E-state index contributed by atoms with van der Waals surface area (Å²) in [4.78, 5) is 3.98. The third-order valence-electron chi connectivity index (χ3n) is 3.24. The van der Waals surface area contributed by atoms with Gasteiger partial charge >= 0.3 is 0 Å². The lowest BCUT2D eigenvalue weighted by Gasteiger charge is -2.03. The van der Waals surface area contributed by atoms with Crippen LogP contribution in [0.3, 0.4) is 0 Å². The quantitative estimate of drug-likeness (QED) is 0.713. The van der Waals surface area contributed by atoms with Crippen LogP contribution < -0.4 is 5.32 Å². The van der Waals surface area contributed by atoms with E-state index >= 15 is 0 Å². The third kappa shape index (κ3) is 4.55. The summed E-state index contributed by atoms with van der Waals surface area (Å²) < 4.78 is 18.9. The summed E-state index contributed by atoms with van der Waals surface area (Å²) in [5.41, 5.74) is 1.92. The Morgan fingerprint density at radius 2 is 1.83 bits per heavy atom. The van der Waals surface area contributed by atoms with Gasteiger partial charge in [-0.05, 0) is 48.0 Å². The summed E-state index contributed by atoms with van der Waals surface area (Å²) in [7, 11) is 0. The predicted molar refractivity (Wildman–Crippen MR) is 91.1 cm³/mol. The van der Waals surface area contributed by atoms with Crippen molar-refractivity contribution < 1.29 is 8.81 Å². The molecule has 2 aromatic heterocycles. The van der Waals surface area contributed by atoms with Crippen LogP contribution in [0.1, 0.15) is 11.3 Å². The maximum Gasteiger partial charge on any atom is 0.141 e. The first kappa shape index (κ1) is 17.5. The Balaban J connectivity index is 0.00000192. The Bertz CT molecular complexity index is 762. The normalized spacial score (nSPS) is 10.3. The molecule has 0 saturated heterocycles. The van der Waals surface area contributed by atoms with Crippen LogP contribution in [0.4, 0.5) is 4.39 Å². The second-order valence-corrected chi connectivity index (χ2v) is 5.26. The van der Waals surface area contributed by atoms with E-state index in [1.807, 2.05) is 24.3 Å². The molecule has 0 atom stereocenters. The van der Waals surface area contributed by atoms with Crippen LogP contribution in [0.2, 0.25) is 5.02 Å². The number of benzene rings is 1. The highest BCUT2D eigenvalue weighted by molar-refractivity contribution is 6.31. The van der Waals surface area contributed by atoms with Crippen LogP contribution in [0.5, 0.6) is 0 Å². The van der Waals surface area contributed by atoms with Gasteiger partial charge in [-0.25, -0.2) is 4.39 Å². The van der Waals surface area contributed by atoms with Gasteiger partial charge in [0.1, 0.15) is 17.3 Å². The summed E-state index contributed by atoms with van der Waals surface area (Å²) in [6.45, 7) is 1.35. The highest BCUT2D eigenvalue weighted by Gasteiger charge is 2.07. The molecule has 3 rings (SSSR count). The van der Waals surface area contributed by atoms with Gasteiger partial charge in [0.25, 0.3) is 0 Å². The third-order valence-corrected chi connectivity index (χ3v) is 3.53. The fraction of sp³-hybridized carbons (Fsp3) is 0.118. The molecule has 2 heterocycles. The zero-order valence-corrected chi connectivity index (χ0v) is 13.7. The number of hydrogen-bond acceptors (Lipinski definition) is 3. The van der Waals surface area contributed by atoms with Crippen LogP contribution >= 0.6 is 24.0 Å². The molecule has 0 bridgehead atoms. The molecule has 3 aromatic rings. The number of aromatic nitrogens is 1. The Labute approximate surface area is 144 Å². The molecule has 0 unspecified atom stereocenters. The average Bonchev–Trinajstić information content (AvgIpc) is 3.00. The van der Waals surface area contributed by atoms with Crippen LogP contribution in [0.25, 0.3) is 11.3 Å². The Hall–Kier alpha value is -1.88. The standard InChI is InChI=1S/C17H14ClFN2O.ClH/c18-15-9-13(1-3-16(15)19)17-4-2-14(22-17)11-21-10-12-5-7-20-8-6-12;/h1-9,21H,10-11H2;1H. The van der Waals surface area contributed by atoms with Crippen LogP contribution in [0.15, 0.2) is 59.3 Å². The van der Waals surface area contributed by atoms with Crippen molar-refractivity contribution >= 4 is 24.0 Å². The monoisotopic (exact) mass is 352 g/mol. The smallest absolute Gasteiger partial charge is 0.141 e. The number of pyridine rings is 1. The molecule has 0 radical (unpaired) electrons. The van der Waals surface area contributed by atoms with E-state index in [4.69, 9.17) is 16.0 Å². The van der Waals surface area contributed by atoms with Gasteiger partial charge in [-0.2, -0.15) is 0 Å². The van der Waals surface area contributed by atoms with E-state index in [0.717, 1.165) is 23.4 Å². The van der Waals surface area contributed by atoms with Gasteiger partial charge in [0.2, 0.25) is 0 Å². The molecule has 0 saturated carbocycles. The Kier molecular flexibility index (Phi) is 6.16. The maximum atomic E-state index is 13.2. The number of halogens is 3. The maximum absolute atomic E-state index is 13.2. The summed E-state index contributed by atoms with van der Waals surface area (Å²) in [6, 6.07) is 12.2. The lowest BCUT2D eigenvalue weighted by molar-refractivity contribution is 0.493. The van der Waals surface area contributed by atoms with Gasteiger partial charge in [-0.3, -0.25) is 4.98 Å². The van der Waals surface area contributed by atoms with Crippen molar-refractivity contribution in [1.29, 1.82) is 0 Å². The molecular weight excluding hydrogens is 338 g/mol. The zero-order valence-electron chi connectivity index (χ0n) is 12.1. The van der Waals surface area contributed by atoms with Crippen molar-refractivity contribution in [2.75, 3.05) is 0 Å². The number of furan rings is 1. The van der Waals surface area contributed by atoms with E-state index in [1.165, 1.54) is 6.07 Å². The van der Waals surface area contributed by atoms with Crippen molar-refractivity contribution in [2.24, 2.45) is 0 Å². The van der Waals surface area contributed by atoms with Gasteiger partial charge in [0.05, 0.1) is 11.6 Å². The highest BCUT2D eigenvalue weighted by atomic mass is 35.5. The summed E-state index contributed by atoms with van der Waals surface area (Å²) >= 11 is 5.79. The minimum Gasteiger partial charge on any atom is -0.460 e. The number of nitrogens with one attached hydrogen (secondary N) is 1. The molecule has 0 fully saturated rings. The van der Waals surface area contributed by atoms with Crippen molar-refractivity contribution in [3.05, 3.63) is 77.0 Å². The van der Waals surface area contributed by atoms with E-state index in [0.29, 0.717) is 12.3 Å². The minimum absolute atomic E-state index is 0. The number of hydrogen-bond donors (Lipinski definition) is 1. The SMILES string of the molecule is Cl.Fc1ccc(-c2ccc(CNCc3ccncc3)o2)cc1Cl. The summed E-state index contributed by atoms with van der Waals surface area (Å²) in [5.74, 6) is 1.04. The van der Waals surface area contributed by atoms with Crippen LogP contribution in [-0.4, -0.2) is 4.98 Å². The van der Waals surface area contributed by atoms with Gasteiger partial charge < -0.3 is 9.73 Å². The van der Waals surface area contributed by atoms with Crippen molar-refractivity contribution in [3.8, 4) is 11.3 Å². The average molecular weight is 353 g/mol. The first-order valence-electron chi connectivity index (χ1n) is 6.86. The van der Waals surface area contributed by atoms with Gasteiger partial charge in [0.15, 0.2) is 0 Å². The fourth-order valence-corrected chi connectivity index (χ4v) is 2.29. The summed E-state index contributed by atoms with van der Waals surface area (Å²) in [5, 5.41) is 3.38. The zero-order chi connectivity index (χ0) is 15.4. The lowest BCUT2D eigenvalue weighted by Crippen LogP contribution is -2.11. The topological polar surface area (TPSA) is 38.1 Å².